The van der Waals surface area contributed by atoms with Gasteiger partial charge < -0.3 is 0 Å². The Labute approximate surface area is 119 Å². The first-order valence-electron chi connectivity index (χ1n) is 4.97. The minimum Gasteiger partial charge on any atom is -0.0622 e. The molecule has 0 spiro atoms. The predicted molar refractivity (Wildman–Crippen MR) is 69.8 cm³/mol. The van der Waals surface area contributed by atoms with Crippen LogP contribution < -0.4 is 19.5 Å². The van der Waals surface area contributed by atoms with E-state index in [2.05, 4.69) is 48.5 Å². The van der Waals surface area contributed by atoms with E-state index in [1.807, 2.05) is 12.1 Å². The molecule has 0 fully saturated rings. The van der Waals surface area contributed by atoms with Crippen molar-refractivity contribution in [2.75, 3.05) is 0 Å². The van der Waals surface area contributed by atoms with Crippen LogP contribution in [0.2, 0.25) is 0 Å². The summed E-state index contributed by atoms with van der Waals surface area (Å²) in [7, 11) is 4.82. The summed E-state index contributed by atoms with van der Waals surface area (Å²) in [5, 5.41) is -3.77. The van der Waals surface area contributed by atoms with E-state index in [0.717, 1.165) is 0 Å². The van der Waals surface area contributed by atoms with Crippen LogP contribution in [0.4, 0.5) is 0 Å². The second kappa shape index (κ2) is 7.92. The van der Waals surface area contributed by atoms with Crippen LogP contribution in [0.15, 0.2) is 60.7 Å². The molecule has 18 heavy (non-hydrogen) atoms. The first-order chi connectivity index (χ1) is 8.53. The van der Waals surface area contributed by atoms with Crippen LogP contribution in [0.1, 0.15) is 0 Å². The standard InChI is InChI=1S/C12H10.ClH2IO3P/c1-3-7-11(8-4-1)12-9-5-2-6-10-12;1-2-6(3,4)5/h1-10H;(H2,3,4,5)/q;-1. The van der Waals surface area contributed by atoms with Crippen molar-refractivity contribution in [2.45, 2.75) is 0 Å². The maximum atomic E-state index is 9.61. The maximum absolute atomic E-state index is 9.61. The zero-order valence-corrected chi connectivity index (χ0v) is 13.1. The van der Waals surface area contributed by atoms with E-state index in [9.17, 15) is 4.57 Å². The van der Waals surface area contributed by atoms with Gasteiger partial charge in [0.25, 0.3) is 0 Å². The summed E-state index contributed by atoms with van der Waals surface area (Å²) in [4.78, 5) is 15.7. The molecule has 98 valence electrons. The van der Waals surface area contributed by atoms with Crippen molar-refractivity contribution in [3.63, 3.8) is 0 Å². The molecule has 2 aromatic rings. The zero-order valence-electron chi connectivity index (χ0n) is 9.28. The average Bonchev–Trinajstić information content (AvgIpc) is 2.41. The van der Waals surface area contributed by atoms with E-state index in [1.165, 1.54) is 11.1 Å². The van der Waals surface area contributed by atoms with E-state index in [0.29, 0.717) is 0 Å². The summed E-state index contributed by atoms with van der Waals surface area (Å²) in [5.41, 5.74) is 2.55. The minimum absolute atomic E-state index is 1.28. The molecule has 0 saturated carbocycles. The summed E-state index contributed by atoms with van der Waals surface area (Å²) < 4.78 is 9.61. The molecule has 6 heteroatoms. The molecule has 3 nitrogen and oxygen atoms in total. The Hall–Kier alpha value is -0.390. The molecular weight excluding hydrogens is 385 g/mol. The summed E-state index contributed by atoms with van der Waals surface area (Å²) in [5.74, 6) is 0. The average molecular weight is 398 g/mol. The second-order valence-electron chi connectivity index (χ2n) is 3.27. The molecule has 0 bridgehead atoms. The molecule has 2 rings (SSSR count). The van der Waals surface area contributed by atoms with Gasteiger partial charge in [-0.05, 0) is 11.1 Å². The SMILES string of the molecule is O=P(O)(O)[I-]Cl.c1ccc(-c2ccccc2)cc1. The van der Waals surface area contributed by atoms with Crippen LogP contribution in [0.5, 0.6) is 0 Å². The van der Waals surface area contributed by atoms with Crippen LogP contribution in [0.3, 0.4) is 0 Å². The second-order valence-corrected chi connectivity index (χ2v) is 11.8. The van der Waals surface area contributed by atoms with Gasteiger partial charge in [0.15, 0.2) is 0 Å². The zero-order chi connectivity index (χ0) is 13.4. The summed E-state index contributed by atoms with van der Waals surface area (Å²) in [6, 6.07) is 20.8. The Morgan fingerprint density at radius 2 is 1.11 bits per heavy atom. The van der Waals surface area contributed by atoms with Gasteiger partial charge in [0, 0.05) is 0 Å². The molecule has 0 unspecified atom stereocenters. The van der Waals surface area contributed by atoms with Crippen molar-refractivity contribution in [1.29, 1.82) is 0 Å². The number of halogens is 2. The molecule has 2 aromatic carbocycles. The maximum Gasteiger partial charge on any atom is -0.0184 e. The fourth-order valence-corrected chi connectivity index (χ4v) is 1.26. The van der Waals surface area contributed by atoms with Gasteiger partial charge in [-0.1, -0.05) is 60.7 Å². The molecule has 0 amide bonds. The van der Waals surface area contributed by atoms with E-state index < -0.39 is 24.8 Å². The predicted octanol–water partition coefficient (Wildman–Crippen LogP) is 0.675. The van der Waals surface area contributed by atoms with Gasteiger partial charge in [-0.2, -0.15) is 0 Å². The smallest absolute Gasteiger partial charge is 0.0184 e. The van der Waals surface area contributed by atoms with Gasteiger partial charge in [-0.25, -0.2) is 0 Å². The molecule has 0 saturated heterocycles. The normalized spacial score (nSPS) is 10.6. The summed E-state index contributed by atoms with van der Waals surface area (Å²) in [6.45, 7) is 0. The third-order valence-corrected chi connectivity index (χ3v) is 6.91. The molecule has 0 aromatic heterocycles. The molecule has 2 N–H and O–H groups in total. The molecule has 0 aliphatic rings. The van der Waals surface area contributed by atoms with Crippen molar-refractivity contribution in [1.82, 2.24) is 0 Å². The van der Waals surface area contributed by atoms with E-state index >= 15 is 0 Å². The van der Waals surface area contributed by atoms with Gasteiger partial charge in [0.2, 0.25) is 0 Å². The fraction of sp³-hybridized carbons (Fsp3) is 0. The van der Waals surface area contributed by atoms with Crippen LogP contribution in [0, 0.1) is 0 Å². The van der Waals surface area contributed by atoms with Crippen LogP contribution in [-0.4, -0.2) is 9.79 Å². The van der Waals surface area contributed by atoms with Crippen molar-refractivity contribution in [3.8, 4) is 11.1 Å². The Kier molecular flexibility index (Phi) is 6.89. The largest absolute Gasteiger partial charge is 0.0622 e. The minimum atomic E-state index is -3.77. The van der Waals surface area contributed by atoms with Crippen LogP contribution >= 0.6 is 14.1 Å². The first kappa shape index (κ1) is 15.7. The van der Waals surface area contributed by atoms with E-state index in [-0.39, 0.29) is 0 Å². The summed E-state index contributed by atoms with van der Waals surface area (Å²) in [6.07, 6.45) is 0. The third kappa shape index (κ3) is 6.52. The van der Waals surface area contributed by atoms with E-state index in [1.54, 1.807) is 0 Å². The Bertz CT molecular complexity index is 464. The number of hydrogen-bond donors (Lipinski definition) is 2. The molecule has 0 radical (unpaired) electrons. The topological polar surface area (TPSA) is 57.5 Å². The Morgan fingerprint density at radius 1 is 0.833 bits per heavy atom. The van der Waals surface area contributed by atoms with Gasteiger partial charge in [-0.15, -0.1) is 0 Å². The van der Waals surface area contributed by atoms with Gasteiger partial charge in [0.05, 0.1) is 0 Å². The number of rotatable bonds is 2. The first-order valence-corrected chi connectivity index (χ1v) is 12.1. The van der Waals surface area contributed by atoms with Crippen molar-refractivity contribution in [2.24, 2.45) is 0 Å². The molecule has 0 aliphatic heterocycles. The van der Waals surface area contributed by atoms with Gasteiger partial charge >= 0.3 is 48.0 Å². The Morgan fingerprint density at radius 3 is 1.33 bits per heavy atom. The van der Waals surface area contributed by atoms with Crippen molar-refractivity contribution >= 4 is 14.1 Å². The third-order valence-electron chi connectivity index (χ3n) is 1.96. The monoisotopic (exact) mass is 397 g/mol. The number of hydrogen-bond acceptors (Lipinski definition) is 1. The Balaban J connectivity index is 0.000000232. The van der Waals surface area contributed by atoms with Crippen molar-refractivity contribution < 1.29 is 33.9 Å². The molecular formula is C12H12ClIO3P-. The van der Waals surface area contributed by atoms with Crippen LogP contribution in [0.25, 0.3) is 11.1 Å². The van der Waals surface area contributed by atoms with Gasteiger partial charge in [-0.3, -0.25) is 0 Å². The quantitative estimate of drug-likeness (QED) is 0.579. The molecule has 0 heterocycles. The van der Waals surface area contributed by atoms with E-state index in [4.69, 9.17) is 18.7 Å². The van der Waals surface area contributed by atoms with Crippen molar-refractivity contribution in [3.05, 3.63) is 60.7 Å². The van der Waals surface area contributed by atoms with Gasteiger partial charge in [0.1, 0.15) is 0 Å². The molecule has 0 atom stereocenters. The number of benzene rings is 2. The van der Waals surface area contributed by atoms with Crippen LogP contribution in [-0.2, 0) is 4.57 Å². The fourth-order valence-electron chi connectivity index (χ4n) is 1.26. The summed E-state index contributed by atoms with van der Waals surface area (Å²) >= 11 is -1.40. The molecule has 0 aliphatic carbocycles.